The predicted molar refractivity (Wildman–Crippen MR) is 98.1 cm³/mol. The SMILES string of the molecule is O=C(Cc1cccs1)Nc1n[nH]c2cc(-c3ccccc3F)ccc12. The van der Waals surface area contributed by atoms with Gasteiger partial charge in [0.15, 0.2) is 5.82 Å². The minimum atomic E-state index is -0.272. The third-order valence-corrected chi connectivity index (χ3v) is 4.80. The van der Waals surface area contributed by atoms with Crippen molar-refractivity contribution in [3.63, 3.8) is 0 Å². The first kappa shape index (κ1) is 15.5. The molecule has 0 aliphatic heterocycles. The fraction of sp³-hybridized carbons (Fsp3) is 0.0526. The van der Waals surface area contributed by atoms with E-state index in [1.165, 1.54) is 6.07 Å². The third kappa shape index (κ3) is 3.16. The molecule has 6 heteroatoms. The molecule has 0 radical (unpaired) electrons. The molecule has 0 bridgehead atoms. The Balaban J connectivity index is 1.60. The molecule has 0 unspecified atom stereocenters. The van der Waals surface area contributed by atoms with E-state index < -0.39 is 0 Å². The number of fused-ring (bicyclic) bond motifs is 1. The number of H-pyrrole nitrogens is 1. The summed E-state index contributed by atoms with van der Waals surface area (Å²) in [7, 11) is 0. The quantitative estimate of drug-likeness (QED) is 0.564. The predicted octanol–water partition coefficient (Wildman–Crippen LogP) is 4.61. The van der Waals surface area contributed by atoms with E-state index >= 15 is 0 Å². The Labute approximate surface area is 147 Å². The second kappa shape index (κ2) is 6.49. The Bertz CT molecular complexity index is 1040. The number of aromatic amines is 1. The molecule has 0 atom stereocenters. The van der Waals surface area contributed by atoms with Crippen LogP contribution in [0.25, 0.3) is 22.0 Å². The zero-order chi connectivity index (χ0) is 17.2. The highest BCUT2D eigenvalue weighted by Gasteiger charge is 2.12. The second-order valence-electron chi connectivity index (χ2n) is 5.62. The van der Waals surface area contributed by atoms with Gasteiger partial charge in [-0.25, -0.2) is 4.39 Å². The molecule has 0 spiro atoms. The summed E-state index contributed by atoms with van der Waals surface area (Å²) in [5, 5.41) is 12.6. The smallest absolute Gasteiger partial charge is 0.230 e. The van der Waals surface area contributed by atoms with Gasteiger partial charge >= 0.3 is 0 Å². The van der Waals surface area contributed by atoms with Crippen molar-refractivity contribution in [2.75, 3.05) is 5.32 Å². The van der Waals surface area contributed by atoms with E-state index in [9.17, 15) is 9.18 Å². The van der Waals surface area contributed by atoms with Crippen molar-refractivity contribution in [2.45, 2.75) is 6.42 Å². The number of anilines is 1. The van der Waals surface area contributed by atoms with Gasteiger partial charge in [-0.2, -0.15) is 5.10 Å². The molecule has 4 nitrogen and oxygen atoms in total. The standard InChI is InChI=1S/C19H14FN3OS/c20-16-6-2-1-5-14(16)12-7-8-15-17(10-12)22-23-19(15)21-18(24)11-13-4-3-9-25-13/h1-10H,11H2,(H2,21,22,23,24). The normalized spacial score (nSPS) is 10.9. The summed E-state index contributed by atoms with van der Waals surface area (Å²) in [6.07, 6.45) is 0.319. The molecule has 2 N–H and O–H groups in total. The molecule has 0 fully saturated rings. The highest BCUT2D eigenvalue weighted by Crippen LogP contribution is 2.28. The van der Waals surface area contributed by atoms with E-state index in [0.717, 1.165) is 21.3 Å². The van der Waals surface area contributed by atoms with Gasteiger partial charge in [0, 0.05) is 15.8 Å². The Morgan fingerprint density at radius 2 is 2.04 bits per heavy atom. The Hall–Kier alpha value is -2.99. The molecule has 0 saturated carbocycles. The number of benzene rings is 2. The molecular weight excluding hydrogens is 337 g/mol. The number of nitrogens with one attached hydrogen (secondary N) is 2. The maximum absolute atomic E-state index is 14.0. The molecular formula is C19H14FN3OS. The van der Waals surface area contributed by atoms with Crippen LogP contribution in [-0.4, -0.2) is 16.1 Å². The fourth-order valence-corrected chi connectivity index (χ4v) is 3.43. The average Bonchev–Trinajstić information content (AvgIpc) is 3.25. The lowest BCUT2D eigenvalue weighted by Gasteiger charge is -2.04. The molecule has 2 aromatic carbocycles. The zero-order valence-electron chi connectivity index (χ0n) is 13.1. The number of hydrogen-bond acceptors (Lipinski definition) is 3. The first-order chi connectivity index (χ1) is 12.2. The van der Waals surface area contributed by atoms with Crippen molar-refractivity contribution in [1.29, 1.82) is 0 Å². The van der Waals surface area contributed by atoms with Crippen LogP contribution in [0, 0.1) is 5.82 Å². The number of halogens is 1. The van der Waals surface area contributed by atoms with Crippen LogP contribution in [0.2, 0.25) is 0 Å². The number of thiophene rings is 1. The third-order valence-electron chi connectivity index (χ3n) is 3.92. The zero-order valence-corrected chi connectivity index (χ0v) is 13.9. The van der Waals surface area contributed by atoms with Crippen LogP contribution in [0.4, 0.5) is 10.2 Å². The van der Waals surface area contributed by atoms with Gasteiger partial charge in [0.25, 0.3) is 0 Å². The topological polar surface area (TPSA) is 57.8 Å². The number of rotatable bonds is 4. The summed E-state index contributed by atoms with van der Waals surface area (Å²) in [4.78, 5) is 13.1. The summed E-state index contributed by atoms with van der Waals surface area (Å²) in [6, 6.07) is 16.0. The molecule has 2 aromatic heterocycles. The number of nitrogens with zero attached hydrogens (tertiary/aromatic N) is 1. The molecule has 124 valence electrons. The number of carbonyl (C=O) groups is 1. The van der Waals surface area contributed by atoms with E-state index in [4.69, 9.17) is 0 Å². The Kier molecular flexibility index (Phi) is 4.03. The van der Waals surface area contributed by atoms with E-state index in [-0.39, 0.29) is 11.7 Å². The number of aromatic nitrogens is 2. The number of hydrogen-bond donors (Lipinski definition) is 2. The molecule has 0 aliphatic carbocycles. The molecule has 1 amide bonds. The van der Waals surface area contributed by atoms with Crippen LogP contribution in [0.5, 0.6) is 0 Å². The lowest BCUT2D eigenvalue weighted by Crippen LogP contribution is -2.14. The molecule has 2 heterocycles. The van der Waals surface area contributed by atoms with Gasteiger partial charge in [-0.1, -0.05) is 30.3 Å². The van der Waals surface area contributed by atoms with E-state index in [1.54, 1.807) is 29.5 Å². The summed E-state index contributed by atoms with van der Waals surface area (Å²) < 4.78 is 14.0. The Morgan fingerprint density at radius 3 is 2.84 bits per heavy atom. The summed E-state index contributed by atoms with van der Waals surface area (Å²) >= 11 is 1.54. The summed E-state index contributed by atoms with van der Waals surface area (Å²) in [6.45, 7) is 0. The van der Waals surface area contributed by atoms with Crippen LogP contribution in [0.1, 0.15) is 4.88 Å². The molecule has 0 saturated heterocycles. The molecule has 4 aromatic rings. The monoisotopic (exact) mass is 351 g/mol. The molecule has 25 heavy (non-hydrogen) atoms. The lowest BCUT2D eigenvalue weighted by atomic mass is 10.0. The molecule has 4 rings (SSSR count). The van der Waals surface area contributed by atoms with Gasteiger partial charge in [0.1, 0.15) is 5.82 Å². The lowest BCUT2D eigenvalue weighted by molar-refractivity contribution is -0.115. The minimum absolute atomic E-state index is 0.117. The van der Waals surface area contributed by atoms with Gasteiger partial charge in [0.2, 0.25) is 5.91 Å². The van der Waals surface area contributed by atoms with Crippen molar-refractivity contribution >= 4 is 34.0 Å². The van der Waals surface area contributed by atoms with Gasteiger partial charge in [-0.05, 0) is 35.2 Å². The maximum Gasteiger partial charge on any atom is 0.230 e. The number of carbonyl (C=O) groups excluding carboxylic acids is 1. The van der Waals surface area contributed by atoms with Crippen LogP contribution in [0.3, 0.4) is 0 Å². The van der Waals surface area contributed by atoms with Crippen LogP contribution in [0.15, 0.2) is 60.0 Å². The van der Waals surface area contributed by atoms with Gasteiger partial charge < -0.3 is 5.32 Å². The highest BCUT2D eigenvalue weighted by atomic mass is 32.1. The Morgan fingerprint density at radius 1 is 1.16 bits per heavy atom. The largest absolute Gasteiger partial charge is 0.308 e. The van der Waals surface area contributed by atoms with Crippen molar-refractivity contribution < 1.29 is 9.18 Å². The summed E-state index contributed by atoms with van der Waals surface area (Å²) in [5.74, 6) is 0.0940. The first-order valence-corrected chi connectivity index (χ1v) is 8.64. The fourth-order valence-electron chi connectivity index (χ4n) is 2.73. The number of amides is 1. The van der Waals surface area contributed by atoms with Gasteiger partial charge in [-0.3, -0.25) is 9.89 Å². The van der Waals surface area contributed by atoms with Gasteiger partial charge in [-0.15, -0.1) is 11.3 Å². The minimum Gasteiger partial charge on any atom is -0.308 e. The first-order valence-electron chi connectivity index (χ1n) is 7.76. The highest BCUT2D eigenvalue weighted by molar-refractivity contribution is 7.10. The maximum atomic E-state index is 14.0. The van der Waals surface area contributed by atoms with Gasteiger partial charge in [0.05, 0.1) is 11.9 Å². The van der Waals surface area contributed by atoms with Crippen molar-refractivity contribution in [3.8, 4) is 11.1 Å². The second-order valence-corrected chi connectivity index (χ2v) is 6.65. The van der Waals surface area contributed by atoms with Crippen LogP contribution in [-0.2, 0) is 11.2 Å². The van der Waals surface area contributed by atoms with E-state index in [0.29, 0.717) is 17.8 Å². The van der Waals surface area contributed by atoms with Crippen LogP contribution < -0.4 is 5.32 Å². The van der Waals surface area contributed by atoms with Crippen molar-refractivity contribution in [1.82, 2.24) is 10.2 Å². The van der Waals surface area contributed by atoms with Crippen LogP contribution >= 0.6 is 11.3 Å². The summed E-state index contributed by atoms with van der Waals surface area (Å²) in [5.41, 5.74) is 2.03. The average molecular weight is 351 g/mol. The van der Waals surface area contributed by atoms with E-state index in [1.807, 2.05) is 35.7 Å². The molecule has 0 aliphatic rings. The van der Waals surface area contributed by atoms with E-state index in [2.05, 4.69) is 15.5 Å². The van der Waals surface area contributed by atoms with Crippen molar-refractivity contribution in [2.24, 2.45) is 0 Å². The van der Waals surface area contributed by atoms with Crippen molar-refractivity contribution in [3.05, 3.63) is 70.7 Å².